The van der Waals surface area contributed by atoms with E-state index in [1.54, 1.807) is 0 Å². The lowest BCUT2D eigenvalue weighted by molar-refractivity contribution is 0.0732. The Kier molecular flexibility index (Phi) is 4.59. The number of nitrogens with zero attached hydrogens (tertiary/aromatic N) is 4. The molecule has 1 aromatic carbocycles. The van der Waals surface area contributed by atoms with Crippen LogP contribution in [0.25, 0.3) is 0 Å². The van der Waals surface area contributed by atoms with Crippen molar-refractivity contribution in [3.63, 3.8) is 0 Å². The molecule has 0 spiro atoms. The van der Waals surface area contributed by atoms with E-state index in [4.69, 9.17) is 4.74 Å². The lowest BCUT2D eigenvalue weighted by Gasteiger charge is -2.26. The molecule has 28 heavy (non-hydrogen) atoms. The van der Waals surface area contributed by atoms with Crippen LogP contribution in [0.4, 0.5) is 0 Å². The molecule has 0 radical (unpaired) electrons. The van der Waals surface area contributed by atoms with E-state index >= 15 is 0 Å². The molecule has 0 saturated carbocycles. The fourth-order valence-electron chi connectivity index (χ4n) is 5.15. The Morgan fingerprint density at radius 1 is 1.25 bits per heavy atom. The first-order valence-electron chi connectivity index (χ1n) is 10.5. The van der Waals surface area contributed by atoms with E-state index in [1.807, 2.05) is 24.5 Å². The van der Waals surface area contributed by atoms with Crippen LogP contribution in [-0.4, -0.2) is 63.6 Å². The molecule has 3 aliphatic rings. The van der Waals surface area contributed by atoms with Gasteiger partial charge in [0, 0.05) is 63.1 Å². The number of rotatable bonds is 4. The molecule has 2 aromatic rings. The zero-order chi connectivity index (χ0) is 19.1. The predicted octanol–water partition coefficient (Wildman–Crippen LogP) is 2.28. The SMILES string of the molecule is Cn1ccnc1CCN1CC[C@H]2[C@@H]1CCN2C(=O)c1ccc2c(c1)CCCO2. The highest BCUT2D eigenvalue weighted by atomic mass is 16.5. The van der Waals surface area contributed by atoms with Gasteiger partial charge in [-0.05, 0) is 49.4 Å². The minimum atomic E-state index is 0.187. The summed E-state index contributed by atoms with van der Waals surface area (Å²) in [4.78, 5) is 22.4. The Labute approximate surface area is 166 Å². The fourth-order valence-corrected chi connectivity index (χ4v) is 5.15. The normalized spacial score (nSPS) is 24.1. The van der Waals surface area contributed by atoms with E-state index in [-0.39, 0.29) is 5.91 Å². The number of hydrogen-bond donors (Lipinski definition) is 0. The standard InChI is InChI=1S/C22H28N4O2/c1-24-13-9-23-21(24)8-11-25-10-6-19-18(25)7-12-26(19)22(27)17-4-5-20-16(15-17)3-2-14-28-20/h4-5,9,13,15,18-19H,2-3,6-8,10-12,14H2,1H3/t18-,19-/m0/s1. The molecule has 0 N–H and O–H groups in total. The topological polar surface area (TPSA) is 50.6 Å². The van der Waals surface area contributed by atoms with Gasteiger partial charge in [-0.15, -0.1) is 0 Å². The largest absolute Gasteiger partial charge is 0.493 e. The molecule has 2 saturated heterocycles. The molecule has 0 aliphatic carbocycles. The second-order valence-electron chi connectivity index (χ2n) is 8.23. The minimum Gasteiger partial charge on any atom is -0.493 e. The molecule has 0 unspecified atom stereocenters. The van der Waals surface area contributed by atoms with Gasteiger partial charge < -0.3 is 14.2 Å². The van der Waals surface area contributed by atoms with Gasteiger partial charge in [-0.1, -0.05) is 0 Å². The van der Waals surface area contributed by atoms with Crippen molar-refractivity contribution in [3.05, 3.63) is 47.5 Å². The Balaban J connectivity index is 1.26. The number of ether oxygens (including phenoxy) is 1. The molecule has 1 amide bonds. The first-order valence-corrected chi connectivity index (χ1v) is 10.5. The van der Waals surface area contributed by atoms with Crippen molar-refractivity contribution >= 4 is 5.91 Å². The predicted molar refractivity (Wildman–Crippen MR) is 107 cm³/mol. The minimum absolute atomic E-state index is 0.187. The number of aromatic nitrogens is 2. The van der Waals surface area contributed by atoms with Crippen molar-refractivity contribution in [2.45, 2.75) is 44.2 Å². The molecule has 4 heterocycles. The van der Waals surface area contributed by atoms with Crippen LogP contribution in [-0.2, 0) is 19.9 Å². The maximum atomic E-state index is 13.2. The lowest BCUT2D eigenvalue weighted by atomic mass is 10.0. The Morgan fingerprint density at radius 2 is 2.14 bits per heavy atom. The smallest absolute Gasteiger partial charge is 0.254 e. The molecule has 1 aromatic heterocycles. The zero-order valence-corrected chi connectivity index (χ0v) is 16.5. The lowest BCUT2D eigenvalue weighted by Crippen LogP contribution is -2.40. The van der Waals surface area contributed by atoms with Crippen molar-refractivity contribution in [3.8, 4) is 5.75 Å². The molecule has 2 fully saturated rings. The average molecular weight is 380 g/mol. The highest BCUT2D eigenvalue weighted by Crippen LogP contribution is 2.33. The third kappa shape index (κ3) is 3.09. The van der Waals surface area contributed by atoms with Crippen LogP contribution in [0.2, 0.25) is 0 Å². The first-order chi connectivity index (χ1) is 13.7. The van der Waals surface area contributed by atoms with Crippen LogP contribution < -0.4 is 4.74 Å². The van der Waals surface area contributed by atoms with Gasteiger partial charge in [0.1, 0.15) is 11.6 Å². The van der Waals surface area contributed by atoms with Crippen LogP contribution in [0.3, 0.4) is 0 Å². The number of carbonyl (C=O) groups excluding carboxylic acids is 1. The third-order valence-electron chi connectivity index (χ3n) is 6.65. The highest BCUT2D eigenvalue weighted by molar-refractivity contribution is 5.95. The Bertz CT molecular complexity index is 877. The van der Waals surface area contributed by atoms with Crippen molar-refractivity contribution in [1.82, 2.24) is 19.4 Å². The summed E-state index contributed by atoms with van der Waals surface area (Å²) in [6.45, 7) is 3.73. The van der Waals surface area contributed by atoms with Gasteiger partial charge in [0.25, 0.3) is 5.91 Å². The zero-order valence-electron chi connectivity index (χ0n) is 16.5. The molecular weight excluding hydrogens is 352 g/mol. The van der Waals surface area contributed by atoms with E-state index in [1.165, 1.54) is 5.56 Å². The molecule has 5 rings (SSSR count). The van der Waals surface area contributed by atoms with Crippen molar-refractivity contribution in [2.24, 2.45) is 7.05 Å². The number of carbonyl (C=O) groups is 1. The monoisotopic (exact) mass is 380 g/mol. The first kappa shape index (κ1) is 17.7. The van der Waals surface area contributed by atoms with E-state index in [9.17, 15) is 4.79 Å². The molecule has 2 atom stereocenters. The van der Waals surface area contributed by atoms with Gasteiger partial charge in [0.2, 0.25) is 0 Å². The summed E-state index contributed by atoms with van der Waals surface area (Å²) in [6.07, 6.45) is 9.01. The number of likely N-dealkylation sites (tertiary alicyclic amines) is 2. The Hall–Kier alpha value is -2.34. The molecule has 6 nitrogen and oxygen atoms in total. The molecule has 3 aliphatic heterocycles. The number of aryl methyl sites for hydroxylation is 2. The summed E-state index contributed by atoms with van der Waals surface area (Å²) in [6, 6.07) is 6.81. The maximum Gasteiger partial charge on any atom is 0.254 e. The van der Waals surface area contributed by atoms with E-state index in [0.717, 1.165) is 75.5 Å². The summed E-state index contributed by atoms with van der Waals surface area (Å²) in [5.41, 5.74) is 1.99. The van der Waals surface area contributed by atoms with E-state index in [0.29, 0.717) is 12.1 Å². The highest BCUT2D eigenvalue weighted by Gasteiger charge is 2.44. The fraction of sp³-hybridized carbons (Fsp3) is 0.545. The third-order valence-corrected chi connectivity index (χ3v) is 6.65. The van der Waals surface area contributed by atoms with Crippen LogP contribution >= 0.6 is 0 Å². The Morgan fingerprint density at radius 3 is 3.00 bits per heavy atom. The van der Waals surface area contributed by atoms with Crippen LogP contribution in [0.1, 0.15) is 41.0 Å². The van der Waals surface area contributed by atoms with E-state index < -0.39 is 0 Å². The van der Waals surface area contributed by atoms with Gasteiger partial charge in [-0.25, -0.2) is 4.98 Å². The summed E-state index contributed by atoms with van der Waals surface area (Å²) in [7, 11) is 2.05. The van der Waals surface area contributed by atoms with Gasteiger partial charge in [0.05, 0.1) is 6.61 Å². The molecule has 0 bridgehead atoms. The molecule has 148 valence electrons. The van der Waals surface area contributed by atoms with Crippen molar-refractivity contribution in [1.29, 1.82) is 0 Å². The van der Waals surface area contributed by atoms with E-state index in [2.05, 4.69) is 32.5 Å². The van der Waals surface area contributed by atoms with Gasteiger partial charge in [-0.2, -0.15) is 0 Å². The second-order valence-corrected chi connectivity index (χ2v) is 8.23. The van der Waals surface area contributed by atoms with Crippen molar-refractivity contribution < 1.29 is 9.53 Å². The van der Waals surface area contributed by atoms with Crippen molar-refractivity contribution in [2.75, 3.05) is 26.2 Å². The number of fused-ring (bicyclic) bond motifs is 2. The maximum absolute atomic E-state index is 13.2. The number of benzene rings is 1. The van der Waals surface area contributed by atoms with Crippen LogP contribution in [0.15, 0.2) is 30.6 Å². The summed E-state index contributed by atoms with van der Waals surface area (Å²) >= 11 is 0. The summed E-state index contributed by atoms with van der Waals surface area (Å²) < 4.78 is 7.79. The van der Waals surface area contributed by atoms with Gasteiger partial charge >= 0.3 is 0 Å². The summed E-state index contributed by atoms with van der Waals surface area (Å²) in [5.74, 6) is 2.26. The average Bonchev–Trinajstić information content (AvgIpc) is 3.42. The van der Waals surface area contributed by atoms with Gasteiger partial charge in [-0.3, -0.25) is 9.69 Å². The number of imidazole rings is 1. The molecule has 6 heteroatoms. The number of amides is 1. The number of hydrogen-bond acceptors (Lipinski definition) is 4. The second kappa shape index (κ2) is 7.24. The quantitative estimate of drug-likeness (QED) is 0.817. The van der Waals surface area contributed by atoms with Crippen LogP contribution in [0.5, 0.6) is 5.75 Å². The summed E-state index contributed by atoms with van der Waals surface area (Å²) in [5, 5.41) is 0. The molecular formula is C22H28N4O2. The van der Waals surface area contributed by atoms with Gasteiger partial charge in [0.15, 0.2) is 0 Å². The van der Waals surface area contributed by atoms with Crippen LogP contribution in [0, 0.1) is 0 Å².